The standard InChI is InChI=1S/C13H23NO2/c1-9-8-14(6-5-10(9)15)11-7-12(16-4)13(11,2)3/h9,11-12H,5-8H2,1-4H3. The van der Waals surface area contributed by atoms with Crippen LogP contribution in [0.5, 0.6) is 0 Å². The SMILES string of the molecule is COC1CC(N2CCC(=O)C(C)C2)C1(C)C. The van der Waals surface area contributed by atoms with Crippen LogP contribution in [-0.2, 0) is 9.53 Å². The molecule has 2 rings (SSSR count). The molecule has 0 aromatic carbocycles. The zero-order valence-electron chi connectivity index (χ0n) is 10.8. The van der Waals surface area contributed by atoms with Crippen LogP contribution < -0.4 is 0 Å². The normalized spacial score (nSPS) is 39.5. The molecular formula is C13H23NO2. The second kappa shape index (κ2) is 4.11. The van der Waals surface area contributed by atoms with Gasteiger partial charge in [0, 0.05) is 44.0 Å². The van der Waals surface area contributed by atoms with Crippen LogP contribution in [0.1, 0.15) is 33.6 Å². The van der Waals surface area contributed by atoms with Gasteiger partial charge in [0.2, 0.25) is 0 Å². The highest BCUT2D eigenvalue weighted by Gasteiger charge is 2.51. The lowest BCUT2D eigenvalue weighted by Gasteiger charge is -2.56. The van der Waals surface area contributed by atoms with Crippen molar-refractivity contribution in [2.75, 3.05) is 20.2 Å². The predicted molar refractivity (Wildman–Crippen MR) is 63.3 cm³/mol. The maximum Gasteiger partial charge on any atom is 0.138 e. The molecular weight excluding hydrogens is 202 g/mol. The Hall–Kier alpha value is -0.410. The molecule has 1 saturated carbocycles. The van der Waals surface area contributed by atoms with E-state index in [0.29, 0.717) is 17.9 Å². The average molecular weight is 225 g/mol. The van der Waals surface area contributed by atoms with E-state index in [1.165, 1.54) is 0 Å². The maximum atomic E-state index is 11.5. The van der Waals surface area contributed by atoms with Crippen LogP contribution in [0.3, 0.4) is 0 Å². The van der Waals surface area contributed by atoms with Crippen LogP contribution in [0.15, 0.2) is 0 Å². The van der Waals surface area contributed by atoms with E-state index in [-0.39, 0.29) is 11.3 Å². The Morgan fingerprint density at radius 3 is 2.62 bits per heavy atom. The molecule has 0 aromatic heterocycles. The number of Topliss-reactive ketones (excluding diaryl/α,β-unsaturated/α-hetero) is 1. The maximum absolute atomic E-state index is 11.5. The number of rotatable bonds is 2. The molecule has 3 nitrogen and oxygen atoms in total. The van der Waals surface area contributed by atoms with Gasteiger partial charge in [-0.1, -0.05) is 20.8 Å². The summed E-state index contributed by atoms with van der Waals surface area (Å²) in [5.74, 6) is 0.641. The Labute approximate surface area is 98.1 Å². The van der Waals surface area contributed by atoms with E-state index >= 15 is 0 Å². The van der Waals surface area contributed by atoms with Gasteiger partial charge in [0.15, 0.2) is 0 Å². The average Bonchev–Trinajstić information content (AvgIpc) is 2.22. The van der Waals surface area contributed by atoms with Crippen molar-refractivity contribution in [3.8, 4) is 0 Å². The molecule has 2 fully saturated rings. The predicted octanol–water partition coefficient (Wildman–Crippen LogP) is 1.71. The molecule has 0 bridgehead atoms. The fourth-order valence-corrected chi connectivity index (χ4v) is 3.21. The molecule has 1 aliphatic heterocycles. The summed E-state index contributed by atoms with van der Waals surface area (Å²) in [5.41, 5.74) is 0.231. The molecule has 1 aliphatic carbocycles. The molecule has 2 aliphatic rings. The summed E-state index contributed by atoms with van der Waals surface area (Å²) in [6.45, 7) is 8.47. The second-order valence-electron chi connectivity index (χ2n) is 5.91. The Balaban J connectivity index is 1.98. The Morgan fingerprint density at radius 1 is 1.44 bits per heavy atom. The van der Waals surface area contributed by atoms with Crippen molar-refractivity contribution in [1.29, 1.82) is 0 Å². The van der Waals surface area contributed by atoms with Crippen LogP contribution >= 0.6 is 0 Å². The van der Waals surface area contributed by atoms with Crippen LogP contribution in [-0.4, -0.2) is 43.0 Å². The number of carbonyl (C=O) groups excluding carboxylic acids is 1. The molecule has 92 valence electrons. The third-order valence-electron chi connectivity index (χ3n) is 4.55. The highest BCUT2D eigenvalue weighted by Crippen LogP contribution is 2.46. The van der Waals surface area contributed by atoms with Gasteiger partial charge in [-0.15, -0.1) is 0 Å². The largest absolute Gasteiger partial charge is 0.381 e. The van der Waals surface area contributed by atoms with Crippen LogP contribution in [0, 0.1) is 11.3 Å². The van der Waals surface area contributed by atoms with E-state index in [4.69, 9.17) is 4.74 Å². The number of ketones is 1. The first kappa shape index (κ1) is 12.1. The minimum absolute atomic E-state index is 0.214. The highest BCUT2D eigenvalue weighted by molar-refractivity contribution is 5.81. The molecule has 1 heterocycles. The second-order valence-corrected chi connectivity index (χ2v) is 5.91. The van der Waals surface area contributed by atoms with E-state index in [1.807, 2.05) is 6.92 Å². The van der Waals surface area contributed by atoms with E-state index in [0.717, 1.165) is 25.9 Å². The fraction of sp³-hybridized carbons (Fsp3) is 0.923. The van der Waals surface area contributed by atoms with Crippen LogP contribution in [0.2, 0.25) is 0 Å². The molecule has 0 amide bonds. The van der Waals surface area contributed by atoms with Gasteiger partial charge < -0.3 is 4.74 Å². The summed E-state index contributed by atoms with van der Waals surface area (Å²) in [7, 11) is 1.80. The van der Waals surface area contributed by atoms with Gasteiger partial charge in [-0.25, -0.2) is 0 Å². The van der Waals surface area contributed by atoms with Crippen molar-refractivity contribution in [3.63, 3.8) is 0 Å². The van der Waals surface area contributed by atoms with Crippen molar-refractivity contribution in [2.45, 2.75) is 45.8 Å². The molecule has 3 atom stereocenters. The molecule has 1 saturated heterocycles. The zero-order chi connectivity index (χ0) is 11.9. The summed E-state index contributed by atoms with van der Waals surface area (Å²) in [5, 5.41) is 0. The number of piperidine rings is 1. The van der Waals surface area contributed by atoms with Gasteiger partial charge in [-0.3, -0.25) is 9.69 Å². The minimum Gasteiger partial charge on any atom is -0.381 e. The number of methoxy groups -OCH3 is 1. The smallest absolute Gasteiger partial charge is 0.138 e. The number of nitrogens with zero attached hydrogens (tertiary/aromatic N) is 1. The number of hydrogen-bond acceptors (Lipinski definition) is 3. The first-order valence-corrected chi connectivity index (χ1v) is 6.26. The van der Waals surface area contributed by atoms with Gasteiger partial charge in [0.1, 0.15) is 5.78 Å². The number of carbonyl (C=O) groups is 1. The summed E-state index contributed by atoms with van der Waals surface area (Å²) in [4.78, 5) is 14.0. The van der Waals surface area contributed by atoms with E-state index in [1.54, 1.807) is 7.11 Å². The first-order valence-electron chi connectivity index (χ1n) is 6.26. The summed E-state index contributed by atoms with van der Waals surface area (Å²) >= 11 is 0. The molecule has 16 heavy (non-hydrogen) atoms. The van der Waals surface area contributed by atoms with Crippen molar-refractivity contribution in [1.82, 2.24) is 4.90 Å². The van der Waals surface area contributed by atoms with E-state index < -0.39 is 0 Å². The van der Waals surface area contributed by atoms with E-state index in [9.17, 15) is 4.79 Å². The van der Waals surface area contributed by atoms with Crippen molar-refractivity contribution >= 4 is 5.78 Å². The third-order valence-corrected chi connectivity index (χ3v) is 4.55. The fourth-order valence-electron chi connectivity index (χ4n) is 3.21. The lowest BCUT2D eigenvalue weighted by Crippen LogP contribution is -2.63. The number of hydrogen-bond donors (Lipinski definition) is 0. The number of likely N-dealkylation sites (tertiary alicyclic amines) is 1. The van der Waals surface area contributed by atoms with Gasteiger partial charge >= 0.3 is 0 Å². The van der Waals surface area contributed by atoms with Crippen molar-refractivity contribution in [3.05, 3.63) is 0 Å². The van der Waals surface area contributed by atoms with Gasteiger partial charge in [-0.2, -0.15) is 0 Å². The van der Waals surface area contributed by atoms with Crippen molar-refractivity contribution < 1.29 is 9.53 Å². The lowest BCUT2D eigenvalue weighted by molar-refractivity contribution is -0.150. The Kier molecular flexibility index (Phi) is 3.10. The van der Waals surface area contributed by atoms with Crippen LogP contribution in [0.4, 0.5) is 0 Å². The molecule has 0 radical (unpaired) electrons. The number of ether oxygens (including phenoxy) is 1. The minimum atomic E-state index is 0.214. The molecule has 0 spiro atoms. The Morgan fingerprint density at radius 2 is 2.12 bits per heavy atom. The zero-order valence-corrected chi connectivity index (χ0v) is 10.8. The van der Waals surface area contributed by atoms with Crippen molar-refractivity contribution in [2.24, 2.45) is 11.3 Å². The highest BCUT2D eigenvalue weighted by atomic mass is 16.5. The van der Waals surface area contributed by atoms with Gasteiger partial charge in [-0.05, 0) is 6.42 Å². The van der Waals surface area contributed by atoms with E-state index in [2.05, 4.69) is 18.7 Å². The Bertz CT molecular complexity index is 288. The third kappa shape index (κ3) is 1.80. The van der Waals surface area contributed by atoms with Crippen LogP contribution in [0.25, 0.3) is 0 Å². The summed E-state index contributed by atoms with van der Waals surface area (Å²) in [6, 6.07) is 0.591. The topological polar surface area (TPSA) is 29.5 Å². The first-order chi connectivity index (χ1) is 7.46. The summed E-state index contributed by atoms with van der Waals surface area (Å²) < 4.78 is 5.48. The molecule has 0 aromatic rings. The molecule has 0 N–H and O–H groups in total. The van der Waals surface area contributed by atoms with Gasteiger partial charge in [0.25, 0.3) is 0 Å². The quantitative estimate of drug-likeness (QED) is 0.716. The lowest BCUT2D eigenvalue weighted by atomic mass is 9.63. The molecule has 3 unspecified atom stereocenters. The van der Waals surface area contributed by atoms with Gasteiger partial charge in [0.05, 0.1) is 6.10 Å². The summed E-state index contributed by atoms with van der Waals surface area (Å²) in [6.07, 6.45) is 2.22. The molecule has 3 heteroatoms. The monoisotopic (exact) mass is 225 g/mol.